The minimum Gasteiger partial charge on any atom is -0.337 e. The first-order valence-corrected chi connectivity index (χ1v) is 7.67. The van der Waals surface area contributed by atoms with Gasteiger partial charge in [-0.15, -0.1) is 10.2 Å². The quantitative estimate of drug-likeness (QED) is 0.885. The standard InChI is InChI=1S/C14H21N7O/c1-20-10-11(9-16-20)17-14(22)15-7-6-13-19-18-12-5-3-2-4-8-21(12)13/h9-10H,2-8H2,1H3,(H2,15,17,22). The molecule has 0 aromatic carbocycles. The fourth-order valence-electron chi connectivity index (χ4n) is 2.68. The lowest BCUT2D eigenvalue weighted by Crippen LogP contribution is -2.30. The Balaban J connectivity index is 1.49. The lowest BCUT2D eigenvalue weighted by atomic mass is 10.2. The van der Waals surface area contributed by atoms with Gasteiger partial charge < -0.3 is 15.2 Å². The van der Waals surface area contributed by atoms with Crippen molar-refractivity contribution in [3.05, 3.63) is 24.0 Å². The fourth-order valence-corrected chi connectivity index (χ4v) is 2.68. The van der Waals surface area contributed by atoms with E-state index in [2.05, 4.69) is 30.5 Å². The van der Waals surface area contributed by atoms with E-state index in [9.17, 15) is 4.79 Å². The van der Waals surface area contributed by atoms with Gasteiger partial charge in [0.1, 0.15) is 11.6 Å². The van der Waals surface area contributed by atoms with E-state index in [-0.39, 0.29) is 6.03 Å². The fraction of sp³-hybridized carbons (Fsp3) is 0.571. The summed E-state index contributed by atoms with van der Waals surface area (Å²) >= 11 is 0. The van der Waals surface area contributed by atoms with Crippen LogP contribution in [0.3, 0.4) is 0 Å². The molecule has 2 amide bonds. The molecular weight excluding hydrogens is 282 g/mol. The summed E-state index contributed by atoms with van der Waals surface area (Å²) in [5.41, 5.74) is 0.677. The Labute approximate surface area is 128 Å². The Morgan fingerprint density at radius 3 is 3.05 bits per heavy atom. The van der Waals surface area contributed by atoms with Crippen LogP contribution in [0.4, 0.5) is 10.5 Å². The smallest absolute Gasteiger partial charge is 0.319 e. The average Bonchev–Trinajstić information content (AvgIpc) is 2.98. The lowest BCUT2D eigenvalue weighted by Gasteiger charge is -2.08. The molecule has 8 nitrogen and oxygen atoms in total. The number of nitrogens with one attached hydrogen (secondary N) is 2. The van der Waals surface area contributed by atoms with Crippen molar-refractivity contribution in [2.45, 2.75) is 38.6 Å². The van der Waals surface area contributed by atoms with Gasteiger partial charge in [-0.1, -0.05) is 6.42 Å². The van der Waals surface area contributed by atoms with E-state index in [1.807, 2.05) is 0 Å². The van der Waals surface area contributed by atoms with Crippen LogP contribution in [0, 0.1) is 0 Å². The second-order valence-electron chi connectivity index (χ2n) is 5.53. The third kappa shape index (κ3) is 3.44. The number of carbonyl (C=O) groups is 1. The number of fused-ring (bicyclic) bond motifs is 1. The van der Waals surface area contributed by atoms with E-state index < -0.39 is 0 Å². The molecular formula is C14H21N7O. The largest absolute Gasteiger partial charge is 0.337 e. The summed E-state index contributed by atoms with van der Waals surface area (Å²) in [5.74, 6) is 2.03. The summed E-state index contributed by atoms with van der Waals surface area (Å²) in [6.07, 6.45) is 8.65. The van der Waals surface area contributed by atoms with Crippen LogP contribution in [0.1, 0.15) is 30.9 Å². The highest BCUT2D eigenvalue weighted by atomic mass is 16.2. The predicted octanol–water partition coefficient (Wildman–Crippen LogP) is 1.10. The Morgan fingerprint density at radius 2 is 2.23 bits per heavy atom. The number of nitrogens with zero attached hydrogens (tertiary/aromatic N) is 5. The molecule has 22 heavy (non-hydrogen) atoms. The van der Waals surface area contributed by atoms with Crippen LogP contribution in [0.25, 0.3) is 0 Å². The number of urea groups is 1. The summed E-state index contributed by atoms with van der Waals surface area (Å²) in [4.78, 5) is 11.8. The van der Waals surface area contributed by atoms with Crippen molar-refractivity contribution in [2.75, 3.05) is 11.9 Å². The molecule has 0 radical (unpaired) electrons. The van der Waals surface area contributed by atoms with Crippen molar-refractivity contribution < 1.29 is 4.79 Å². The first-order chi connectivity index (χ1) is 10.7. The van der Waals surface area contributed by atoms with Gasteiger partial charge in [-0.05, 0) is 12.8 Å². The lowest BCUT2D eigenvalue weighted by molar-refractivity contribution is 0.252. The van der Waals surface area contributed by atoms with Crippen molar-refractivity contribution in [2.24, 2.45) is 7.05 Å². The van der Waals surface area contributed by atoms with Crippen LogP contribution in [0.5, 0.6) is 0 Å². The monoisotopic (exact) mass is 303 g/mol. The zero-order chi connectivity index (χ0) is 15.4. The third-order valence-electron chi connectivity index (χ3n) is 3.78. The molecule has 0 bridgehead atoms. The van der Waals surface area contributed by atoms with Crippen LogP contribution in [-0.4, -0.2) is 37.1 Å². The average molecular weight is 303 g/mol. The van der Waals surface area contributed by atoms with Crippen LogP contribution in [-0.2, 0) is 26.4 Å². The topological polar surface area (TPSA) is 89.7 Å². The summed E-state index contributed by atoms with van der Waals surface area (Å²) in [6.45, 7) is 1.52. The van der Waals surface area contributed by atoms with E-state index in [4.69, 9.17) is 0 Å². The molecule has 3 heterocycles. The summed E-state index contributed by atoms with van der Waals surface area (Å²) in [6, 6.07) is -0.233. The van der Waals surface area contributed by atoms with Crippen LogP contribution in [0.15, 0.2) is 12.4 Å². The molecule has 3 rings (SSSR count). The van der Waals surface area contributed by atoms with Crippen LogP contribution < -0.4 is 10.6 Å². The third-order valence-corrected chi connectivity index (χ3v) is 3.78. The molecule has 8 heteroatoms. The molecule has 0 saturated heterocycles. The van der Waals surface area contributed by atoms with E-state index in [1.54, 1.807) is 24.1 Å². The zero-order valence-corrected chi connectivity index (χ0v) is 12.7. The number of amides is 2. The van der Waals surface area contributed by atoms with Gasteiger partial charge in [0.15, 0.2) is 0 Å². The number of rotatable bonds is 4. The minimum absolute atomic E-state index is 0.233. The van der Waals surface area contributed by atoms with Crippen molar-refractivity contribution >= 4 is 11.7 Å². The summed E-state index contributed by atoms with van der Waals surface area (Å²) in [5, 5.41) is 18.1. The van der Waals surface area contributed by atoms with Gasteiger partial charge >= 0.3 is 6.03 Å². The molecule has 0 saturated carbocycles. The Morgan fingerprint density at radius 1 is 1.32 bits per heavy atom. The van der Waals surface area contributed by atoms with Gasteiger partial charge in [-0.25, -0.2) is 4.79 Å². The SMILES string of the molecule is Cn1cc(NC(=O)NCCc2nnc3n2CCCCC3)cn1. The second-order valence-corrected chi connectivity index (χ2v) is 5.53. The zero-order valence-electron chi connectivity index (χ0n) is 12.7. The van der Waals surface area contributed by atoms with Crippen molar-refractivity contribution in [1.29, 1.82) is 0 Å². The van der Waals surface area contributed by atoms with Crippen molar-refractivity contribution in [1.82, 2.24) is 29.9 Å². The van der Waals surface area contributed by atoms with E-state index in [0.717, 1.165) is 24.6 Å². The first-order valence-electron chi connectivity index (χ1n) is 7.67. The predicted molar refractivity (Wildman–Crippen MR) is 81.5 cm³/mol. The minimum atomic E-state index is -0.233. The van der Waals surface area contributed by atoms with E-state index in [0.29, 0.717) is 18.7 Å². The van der Waals surface area contributed by atoms with Gasteiger partial charge in [0.25, 0.3) is 0 Å². The summed E-state index contributed by atoms with van der Waals surface area (Å²) in [7, 11) is 1.81. The molecule has 2 N–H and O–H groups in total. The molecule has 118 valence electrons. The maximum Gasteiger partial charge on any atom is 0.319 e. The Hall–Kier alpha value is -2.38. The van der Waals surface area contributed by atoms with Crippen molar-refractivity contribution in [3.63, 3.8) is 0 Å². The molecule has 2 aromatic heterocycles. The van der Waals surface area contributed by atoms with Crippen LogP contribution >= 0.6 is 0 Å². The Kier molecular flexibility index (Phi) is 4.36. The second kappa shape index (κ2) is 6.59. The normalized spacial score (nSPS) is 14.2. The van der Waals surface area contributed by atoms with E-state index in [1.165, 1.54) is 19.3 Å². The highest BCUT2D eigenvalue weighted by molar-refractivity contribution is 5.88. The molecule has 2 aromatic rings. The number of anilines is 1. The van der Waals surface area contributed by atoms with Gasteiger partial charge in [-0.3, -0.25) is 4.68 Å². The number of carbonyl (C=O) groups excluding carboxylic acids is 1. The van der Waals surface area contributed by atoms with Crippen molar-refractivity contribution in [3.8, 4) is 0 Å². The first kappa shape index (κ1) is 14.6. The summed E-state index contributed by atoms with van der Waals surface area (Å²) < 4.78 is 3.84. The van der Waals surface area contributed by atoms with Gasteiger partial charge in [0.2, 0.25) is 0 Å². The van der Waals surface area contributed by atoms with Gasteiger partial charge in [0.05, 0.1) is 11.9 Å². The van der Waals surface area contributed by atoms with Crippen LogP contribution in [0.2, 0.25) is 0 Å². The number of hydrogen-bond donors (Lipinski definition) is 2. The number of aromatic nitrogens is 5. The van der Waals surface area contributed by atoms with Gasteiger partial charge in [0, 0.05) is 39.2 Å². The molecule has 0 unspecified atom stereocenters. The molecule has 1 aliphatic rings. The number of aryl methyl sites for hydroxylation is 2. The molecule has 0 spiro atoms. The van der Waals surface area contributed by atoms with Gasteiger partial charge in [-0.2, -0.15) is 5.10 Å². The molecule has 0 fully saturated rings. The molecule has 1 aliphatic heterocycles. The highest BCUT2D eigenvalue weighted by Crippen LogP contribution is 2.14. The maximum atomic E-state index is 11.8. The van der Waals surface area contributed by atoms with E-state index >= 15 is 0 Å². The number of hydrogen-bond acceptors (Lipinski definition) is 4. The maximum absolute atomic E-state index is 11.8. The molecule has 0 aliphatic carbocycles. The Bertz CT molecular complexity index is 645. The highest BCUT2D eigenvalue weighted by Gasteiger charge is 2.14. The molecule has 0 atom stereocenters.